The van der Waals surface area contributed by atoms with E-state index in [4.69, 9.17) is 5.73 Å². The lowest BCUT2D eigenvalue weighted by molar-refractivity contribution is 0.516. The molecule has 1 saturated carbocycles. The van der Waals surface area contributed by atoms with Crippen LogP contribution in [0.2, 0.25) is 0 Å². The molecule has 0 saturated heterocycles. The van der Waals surface area contributed by atoms with E-state index >= 15 is 0 Å². The maximum atomic E-state index is 5.95. The number of halogens is 1. The molecule has 2 rings (SSSR count). The van der Waals surface area contributed by atoms with Crippen LogP contribution in [-0.4, -0.2) is 11.3 Å². The van der Waals surface area contributed by atoms with Crippen molar-refractivity contribution in [2.24, 2.45) is 5.73 Å². The van der Waals surface area contributed by atoms with E-state index in [0.717, 1.165) is 16.1 Å². The van der Waals surface area contributed by atoms with E-state index in [1.165, 1.54) is 42.6 Å². The monoisotopic (exact) mass is 327 g/mol. The standard InChI is InChI=1S/C15H22BrNS/c1-11(17)9-12-10-13(16)7-8-15(12)18-14-5-3-2-4-6-14/h7-8,10-11,14H,2-6,9,17H2,1H3. The molecule has 3 heteroatoms. The Morgan fingerprint density at radius 2 is 2.06 bits per heavy atom. The first kappa shape index (κ1) is 14.4. The SMILES string of the molecule is CC(N)Cc1cc(Br)ccc1SC1CCCCC1. The first-order valence-corrected chi connectivity index (χ1v) is 8.53. The maximum absolute atomic E-state index is 5.95. The molecule has 0 amide bonds. The summed E-state index contributed by atoms with van der Waals surface area (Å²) in [6.07, 6.45) is 7.93. The molecule has 0 bridgehead atoms. The molecule has 1 aliphatic carbocycles. The van der Waals surface area contributed by atoms with E-state index in [2.05, 4.69) is 52.8 Å². The van der Waals surface area contributed by atoms with Crippen LogP contribution in [0.15, 0.2) is 27.6 Å². The lowest BCUT2D eigenvalue weighted by atomic mass is 10.0. The fourth-order valence-corrected chi connectivity index (χ4v) is 4.31. The van der Waals surface area contributed by atoms with E-state index in [9.17, 15) is 0 Å². The van der Waals surface area contributed by atoms with Gasteiger partial charge in [-0.2, -0.15) is 0 Å². The second kappa shape index (κ2) is 6.97. The number of hydrogen-bond donors (Lipinski definition) is 1. The molecule has 1 aromatic rings. The van der Waals surface area contributed by atoms with Crippen molar-refractivity contribution in [1.82, 2.24) is 0 Å². The minimum absolute atomic E-state index is 0.227. The Labute approximate surface area is 123 Å². The molecule has 1 aliphatic rings. The van der Waals surface area contributed by atoms with Crippen LogP contribution in [0.1, 0.15) is 44.6 Å². The number of rotatable bonds is 4. The van der Waals surface area contributed by atoms with Gasteiger partial charge in [0, 0.05) is 20.7 Å². The summed E-state index contributed by atoms with van der Waals surface area (Å²) < 4.78 is 1.16. The van der Waals surface area contributed by atoms with Crippen LogP contribution >= 0.6 is 27.7 Å². The van der Waals surface area contributed by atoms with E-state index < -0.39 is 0 Å². The summed E-state index contributed by atoms with van der Waals surface area (Å²) in [5.74, 6) is 0. The Bertz CT molecular complexity index is 386. The number of hydrogen-bond acceptors (Lipinski definition) is 2. The van der Waals surface area contributed by atoms with Crippen LogP contribution in [-0.2, 0) is 6.42 Å². The molecule has 2 N–H and O–H groups in total. The highest BCUT2D eigenvalue weighted by Gasteiger charge is 2.16. The highest BCUT2D eigenvalue weighted by Crippen LogP contribution is 2.36. The van der Waals surface area contributed by atoms with E-state index in [0.29, 0.717) is 0 Å². The van der Waals surface area contributed by atoms with Gasteiger partial charge in [-0.15, -0.1) is 11.8 Å². The van der Waals surface area contributed by atoms with Gasteiger partial charge in [0.1, 0.15) is 0 Å². The van der Waals surface area contributed by atoms with Crippen molar-refractivity contribution in [2.75, 3.05) is 0 Å². The third-order valence-electron chi connectivity index (χ3n) is 3.41. The average Bonchev–Trinajstić information content (AvgIpc) is 2.33. The molecule has 0 heterocycles. The normalized spacial score (nSPS) is 18.8. The summed E-state index contributed by atoms with van der Waals surface area (Å²) in [6, 6.07) is 6.86. The zero-order chi connectivity index (χ0) is 13.0. The van der Waals surface area contributed by atoms with Crippen LogP contribution in [0, 0.1) is 0 Å². The van der Waals surface area contributed by atoms with E-state index in [1.54, 1.807) is 0 Å². The topological polar surface area (TPSA) is 26.0 Å². The van der Waals surface area contributed by atoms with Crippen molar-refractivity contribution in [3.05, 3.63) is 28.2 Å². The quantitative estimate of drug-likeness (QED) is 0.862. The Hall–Kier alpha value is 0.01000. The summed E-state index contributed by atoms with van der Waals surface area (Å²) in [5, 5.41) is 0.812. The van der Waals surface area contributed by atoms with E-state index in [-0.39, 0.29) is 6.04 Å². The second-order valence-electron chi connectivity index (χ2n) is 5.31. The van der Waals surface area contributed by atoms with E-state index in [1.807, 2.05) is 0 Å². The Morgan fingerprint density at radius 3 is 2.72 bits per heavy atom. The lowest BCUT2D eigenvalue weighted by Gasteiger charge is -2.22. The van der Waals surface area contributed by atoms with Gasteiger partial charge in [-0.05, 0) is 49.9 Å². The van der Waals surface area contributed by atoms with Crippen molar-refractivity contribution >= 4 is 27.7 Å². The highest BCUT2D eigenvalue weighted by molar-refractivity contribution is 9.10. The molecule has 0 radical (unpaired) electrons. The van der Waals surface area contributed by atoms with Gasteiger partial charge in [-0.1, -0.05) is 35.2 Å². The molecule has 0 spiro atoms. The molecule has 1 nitrogen and oxygen atoms in total. The van der Waals surface area contributed by atoms with Crippen LogP contribution in [0.3, 0.4) is 0 Å². The minimum Gasteiger partial charge on any atom is -0.328 e. The van der Waals surface area contributed by atoms with Crippen molar-refractivity contribution in [2.45, 2.75) is 61.6 Å². The number of nitrogens with two attached hydrogens (primary N) is 1. The van der Waals surface area contributed by atoms with Gasteiger partial charge in [-0.3, -0.25) is 0 Å². The van der Waals surface area contributed by atoms with Gasteiger partial charge >= 0.3 is 0 Å². The minimum atomic E-state index is 0.227. The highest BCUT2D eigenvalue weighted by atomic mass is 79.9. The number of thioether (sulfide) groups is 1. The first-order chi connectivity index (χ1) is 8.65. The Morgan fingerprint density at radius 1 is 1.33 bits per heavy atom. The molecule has 1 atom stereocenters. The third kappa shape index (κ3) is 4.29. The molecule has 1 aromatic carbocycles. The molecular formula is C15H22BrNS. The van der Waals surface area contributed by atoms with Gasteiger partial charge in [0.25, 0.3) is 0 Å². The Kier molecular flexibility index (Phi) is 5.58. The lowest BCUT2D eigenvalue weighted by Crippen LogP contribution is -2.18. The summed E-state index contributed by atoms with van der Waals surface area (Å²) in [7, 11) is 0. The zero-order valence-electron chi connectivity index (χ0n) is 11.0. The zero-order valence-corrected chi connectivity index (χ0v) is 13.4. The molecule has 0 aromatic heterocycles. The molecule has 0 aliphatic heterocycles. The molecule has 1 unspecified atom stereocenters. The summed E-state index contributed by atoms with van der Waals surface area (Å²) >= 11 is 5.63. The molecular weight excluding hydrogens is 306 g/mol. The number of benzene rings is 1. The van der Waals surface area contributed by atoms with Crippen molar-refractivity contribution in [3.8, 4) is 0 Å². The van der Waals surface area contributed by atoms with Gasteiger partial charge in [-0.25, -0.2) is 0 Å². The van der Waals surface area contributed by atoms with Crippen LogP contribution in [0.25, 0.3) is 0 Å². The van der Waals surface area contributed by atoms with Crippen molar-refractivity contribution < 1.29 is 0 Å². The van der Waals surface area contributed by atoms with Crippen LogP contribution in [0.4, 0.5) is 0 Å². The third-order valence-corrected chi connectivity index (χ3v) is 5.36. The first-order valence-electron chi connectivity index (χ1n) is 6.86. The van der Waals surface area contributed by atoms with Crippen molar-refractivity contribution in [1.29, 1.82) is 0 Å². The predicted octanol–water partition coefficient (Wildman–Crippen LogP) is 4.76. The fourth-order valence-electron chi connectivity index (χ4n) is 2.53. The molecule has 100 valence electrons. The molecule has 18 heavy (non-hydrogen) atoms. The summed E-state index contributed by atoms with van der Waals surface area (Å²) in [5.41, 5.74) is 7.35. The molecule has 1 fully saturated rings. The van der Waals surface area contributed by atoms with Crippen molar-refractivity contribution in [3.63, 3.8) is 0 Å². The average molecular weight is 328 g/mol. The predicted molar refractivity (Wildman–Crippen MR) is 84.2 cm³/mol. The van der Waals surface area contributed by atoms with Gasteiger partial charge in [0.15, 0.2) is 0 Å². The van der Waals surface area contributed by atoms with Gasteiger partial charge in [0.05, 0.1) is 0 Å². The maximum Gasteiger partial charge on any atom is 0.0178 e. The van der Waals surface area contributed by atoms with Gasteiger partial charge in [0.2, 0.25) is 0 Å². The van der Waals surface area contributed by atoms with Gasteiger partial charge < -0.3 is 5.73 Å². The smallest absolute Gasteiger partial charge is 0.0178 e. The fraction of sp³-hybridized carbons (Fsp3) is 0.600. The largest absolute Gasteiger partial charge is 0.328 e. The summed E-state index contributed by atoms with van der Waals surface area (Å²) in [6.45, 7) is 2.08. The van der Waals surface area contributed by atoms with Crippen LogP contribution in [0.5, 0.6) is 0 Å². The second-order valence-corrected chi connectivity index (χ2v) is 7.57. The Balaban J connectivity index is 2.09. The summed E-state index contributed by atoms with van der Waals surface area (Å²) in [4.78, 5) is 1.43. The van der Waals surface area contributed by atoms with Crippen LogP contribution < -0.4 is 5.73 Å².